The van der Waals surface area contributed by atoms with Gasteiger partial charge >= 0.3 is 12.2 Å². The number of urea groups is 1. The molecule has 1 heterocycles. The highest BCUT2D eigenvalue weighted by Gasteiger charge is 2.34. The monoisotopic (exact) mass is 661 g/mol. The Hall–Kier alpha value is -6.21. The molecule has 0 spiro atoms. The van der Waals surface area contributed by atoms with E-state index in [1.54, 1.807) is 36.4 Å². The van der Waals surface area contributed by atoms with Crippen LogP contribution in [0.25, 0.3) is 44.4 Å². The van der Waals surface area contributed by atoms with Crippen LogP contribution in [0.3, 0.4) is 0 Å². The van der Waals surface area contributed by atoms with Crippen LogP contribution in [0.2, 0.25) is 0 Å². The summed E-state index contributed by atoms with van der Waals surface area (Å²) < 4.78 is 43.8. The molecule has 50 heavy (non-hydrogen) atoms. The summed E-state index contributed by atoms with van der Waals surface area (Å²) in [5.74, 6) is 0. The lowest BCUT2D eigenvalue weighted by Crippen LogP contribution is -2.19. The molecule has 1 aromatic heterocycles. The van der Waals surface area contributed by atoms with Gasteiger partial charge in [0.05, 0.1) is 16.8 Å². The lowest BCUT2D eigenvalue weighted by Gasteiger charge is -2.18. The number of amides is 2. The minimum absolute atomic E-state index is 0.120. The third-order valence-corrected chi connectivity index (χ3v) is 9.12. The fourth-order valence-electron chi connectivity index (χ4n) is 6.89. The lowest BCUT2D eigenvalue weighted by molar-refractivity contribution is -0.136. The molecule has 4 nitrogen and oxygen atoms in total. The van der Waals surface area contributed by atoms with Crippen molar-refractivity contribution in [3.05, 3.63) is 173 Å². The average Bonchev–Trinajstić information content (AvgIpc) is 3.50. The largest absolute Gasteiger partial charge is 0.418 e. The van der Waals surface area contributed by atoms with Gasteiger partial charge < -0.3 is 10.6 Å². The number of halogens is 3. The second-order valence-electron chi connectivity index (χ2n) is 12.4. The number of hydrogen-bond donors (Lipinski definition) is 2. The first-order valence-electron chi connectivity index (χ1n) is 16.3. The zero-order valence-corrected chi connectivity index (χ0v) is 26.8. The van der Waals surface area contributed by atoms with E-state index in [0.717, 1.165) is 39.4 Å². The highest BCUT2D eigenvalue weighted by atomic mass is 19.4. The van der Waals surface area contributed by atoms with Crippen molar-refractivity contribution in [2.75, 3.05) is 10.6 Å². The van der Waals surface area contributed by atoms with Crippen LogP contribution in [0, 0.1) is 0 Å². The predicted molar refractivity (Wildman–Crippen MR) is 194 cm³/mol. The van der Waals surface area contributed by atoms with Crippen molar-refractivity contribution >= 4 is 28.3 Å². The molecule has 0 fully saturated rings. The number of rotatable bonds is 6. The van der Waals surface area contributed by atoms with Crippen LogP contribution < -0.4 is 10.6 Å². The van der Waals surface area contributed by atoms with E-state index in [2.05, 4.69) is 47.0 Å². The van der Waals surface area contributed by atoms with Gasteiger partial charge in [-0.2, -0.15) is 13.2 Å². The third-order valence-electron chi connectivity index (χ3n) is 9.12. The van der Waals surface area contributed by atoms with Gasteiger partial charge in [0.15, 0.2) is 0 Å². The fraction of sp³-hybridized carbons (Fsp3) is 0.0698. The van der Waals surface area contributed by atoms with Crippen LogP contribution in [0.15, 0.2) is 146 Å². The molecule has 6 aromatic carbocycles. The fourth-order valence-corrected chi connectivity index (χ4v) is 6.89. The van der Waals surface area contributed by atoms with E-state index < -0.39 is 17.8 Å². The maximum Gasteiger partial charge on any atom is 0.418 e. The number of para-hydroxylation sites is 2. The lowest BCUT2D eigenvalue weighted by atomic mass is 9.91. The number of benzene rings is 6. The molecule has 8 rings (SSSR count). The van der Waals surface area contributed by atoms with E-state index in [9.17, 15) is 18.0 Å². The first-order chi connectivity index (χ1) is 24.3. The van der Waals surface area contributed by atoms with E-state index in [4.69, 9.17) is 4.98 Å². The second-order valence-corrected chi connectivity index (χ2v) is 12.4. The van der Waals surface area contributed by atoms with Gasteiger partial charge in [-0.15, -0.1) is 0 Å². The van der Waals surface area contributed by atoms with Crippen molar-refractivity contribution in [3.8, 4) is 33.5 Å². The standard InChI is InChI=1S/C43H30F3N3O/c44-43(45,46)39-20-10-19-34-35(29-14-9-17-32(24-29)48-42(50)47-31-15-5-2-6-16-31)26-40(49-41(34)39)38-23-28(21-27-11-3-1-4-12-27)22-36-33-18-8-7-13-30(33)25-37(36)38/h1-20,22-24,26H,21,25H2,(H2,47,48,50). The van der Waals surface area contributed by atoms with Gasteiger partial charge in [0.2, 0.25) is 0 Å². The summed E-state index contributed by atoms with van der Waals surface area (Å²) in [6.45, 7) is 0. The number of anilines is 2. The summed E-state index contributed by atoms with van der Waals surface area (Å²) in [6.07, 6.45) is -3.30. The van der Waals surface area contributed by atoms with Gasteiger partial charge in [0.25, 0.3) is 0 Å². The molecule has 0 radical (unpaired) electrons. The summed E-state index contributed by atoms with van der Waals surface area (Å²) in [4.78, 5) is 17.6. The molecule has 0 atom stereocenters. The van der Waals surface area contributed by atoms with E-state index in [1.807, 2.05) is 60.7 Å². The topological polar surface area (TPSA) is 54.0 Å². The van der Waals surface area contributed by atoms with Crippen molar-refractivity contribution in [3.63, 3.8) is 0 Å². The molecule has 0 bridgehead atoms. The van der Waals surface area contributed by atoms with Gasteiger partial charge in [-0.1, -0.05) is 103 Å². The van der Waals surface area contributed by atoms with Crippen LogP contribution in [-0.4, -0.2) is 11.0 Å². The molecule has 1 aliphatic carbocycles. The molecular weight excluding hydrogens is 631 g/mol. The molecule has 0 aliphatic heterocycles. The zero-order chi connectivity index (χ0) is 34.2. The number of carbonyl (C=O) groups excluding carboxylic acids is 1. The van der Waals surface area contributed by atoms with E-state index in [1.165, 1.54) is 11.6 Å². The minimum Gasteiger partial charge on any atom is -0.308 e. The number of alkyl halides is 3. The van der Waals surface area contributed by atoms with Crippen molar-refractivity contribution in [2.45, 2.75) is 19.0 Å². The summed E-state index contributed by atoms with van der Waals surface area (Å²) >= 11 is 0. The molecule has 7 aromatic rings. The predicted octanol–water partition coefficient (Wildman–Crippen LogP) is 11.4. The molecule has 2 amide bonds. The van der Waals surface area contributed by atoms with Crippen LogP contribution >= 0.6 is 0 Å². The Kier molecular flexibility index (Phi) is 7.88. The normalized spacial score (nSPS) is 12.0. The first kappa shape index (κ1) is 31.1. The maximum atomic E-state index is 14.6. The first-order valence-corrected chi connectivity index (χ1v) is 16.3. The Bertz CT molecular complexity index is 2390. The van der Waals surface area contributed by atoms with Crippen molar-refractivity contribution in [1.82, 2.24) is 4.98 Å². The minimum atomic E-state index is -4.62. The number of hydrogen-bond acceptors (Lipinski definition) is 2. The quantitative estimate of drug-likeness (QED) is 0.186. The Morgan fingerprint density at radius 1 is 0.620 bits per heavy atom. The van der Waals surface area contributed by atoms with Crippen molar-refractivity contribution in [1.29, 1.82) is 0 Å². The highest BCUT2D eigenvalue weighted by Crippen LogP contribution is 2.45. The number of nitrogens with zero attached hydrogens (tertiary/aromatic N) is 1. The highest BCUT2D eigenvalue weighted by molar-refractivity contribution is 6.02. The molecule has 7 heteroatoms. The van der Waals surface area contributed by atoms with Gasteiger partial charge in [-0.3, -0.25) is 0 Å². The zero-order valence-electron chi connectivity index (χ0n) is 26.8. The number of aromatic nitrogens is 1. The molecule has 0 saturated carbocycles. The maximum absolute atomic E-state index is 14.6. The summed E-state index contributed by atoms with van der Waals surface area (Å²) in [6, 6.07) is 44.5. The Labute approximate surface area is 287 Å². The van der Waals surface area contributed by atoms with Crippen molar-refractivity contribution < 1.29 is 18.0 Å². The smallest absolute Gasteiger partial charge is 0.308 e. The molecule has 0 unspecified atom stereocenters. The second kappa shape index (κ2) is 12.7. The molecular formula is C43H30F3N3O. The van der Waals surface area contributed by atoms with E-state index in [-0.39, 0.29) is 5.52 Å². The van der Waals surface area contributed by atoms with Crippen molar-refractivity contribution in [2.24, 2.45) is 0 Å². The molecule has 244 valence electrons. The molecule has 2 N–H and O–H groups in total. The number of fused-ring (bicyclic) bond motifs is 4. The Balaban J connectivity index is 1.29. The van der Waals surface area contributed by atoms with Gasteiger partial charge in [-0.05, 0) is 99.8 Å². The van der Waals surface area contributed by atoms with Crippen LogP contribution in [0.5, 0.6) is 0 Å². The summed E-state index contributed by atoms with van der Waals surface area (Å²) in [5.41, 5.74) is 9.31. The Morgan fingerprint density at radius 2 is 1.30 bits per heavy atom. The summed E-state index contributed by atoms with van der Waals surface area (Å²) in [7, 11) is 0. The number of carbonyl (C=O) groups is 1. The molecule has 1 aliphatic rings. The van der Waals surface area contributed by atoms with Crippen LogP contribution in [0.4, 0.5) is 29.3 Å². The molecule has 0 saturated heterocycles. The van der Waals surface area contributed by atoms with E-state index >= 15 is 0 Å². The average molecular weight is 662 g/mol. The SMILES string of the molecule is O=C(Nc1ccccc1)Nc1cccc(-c2cc(-c3cc(Cc4ccccc4)cc4c3Cc3ccccc3-4)nc3c(C(F)(F)F)cccc23)c1. The van der Waals surface area contributed by atoms with Gasteiger partial charge in [0.1, 0.15) is 0 Å². The van der Waals surface area contributed by atoms with Crippen LogP contribution in [-0.2, 0) is 19.0 Å². The number of nitrogens with one attached hydrogen (secondary N) is 2. The van der Waals surface area contributed by atoms with E-state index in [0.29, 0.717) is 46.4 Å². The van der Waals surface area contributed by atoms with Gasteiger partial charge in [-0.25, -0.2) is 9.78 Å². The van der Waals surface area contributed by atoms with Crippen LogP contribution in [0.1, 0.15) is 27.8 Å². The van der Waals surface area contributed by atoms with Gasteiger partial charge in [0, 0.05) is 22.3 Å². The summed E-state index contributed by atoms with van der Waals surface area (Å²) in [5, 5.41) is 6.03. The third kappa shape index (κ3) is 6.10. The number of pyridine rings is 1. The Morgan fingerprint density at radius 3 is 2.10 bits per heavy atom.